The van der Waals surface area contributed by atoms with Crippen LogP contribution in [0, 0.1) is 19.8 Å². The first-order chi connectivity index (χ1) is 12.0. The number of para-hydroxylation sites is 1. The highest BCUT2D eigenvalue weighted by atomic mass is 16.4. The molecule has 4 nitrogen and oxygen atoms in total. The van der Waals surface area contributed by atoms with Crippen molar-refractivity contribution in [3.8, 4) is 0 Å². The Balaban J connectivity index is 1.57. The molecule has 0 radical (unpaired) electrons. The second-order valence-corrected chi connectivity index (χ2v) is 7.19. The second kappa shape index (κ2) is 5.73. The van der Waals surface area contributed by atoms with Gasteiger partial charge in [0.1, 0.15) is 5.92 Å². The number of rotatable bonds is 3. The van der Waals surface area contributed by atoms with Crippen molar-refractivity contribution in [3.63, 3.8) is 0 Å². The number of nitrogens with zero attached hydrogens (tertiary/aromatic N) is 1. The number of hydrogen-bond donors (Lipinski definition) is 1. The minimum absolute atomic E-state index is 0.0392. The van der Waals surface area contributed by atoms with Gasteiger partial charge in [0.25, 0.3) is 0 Å². The first-order valence-corrected chi connectivity index (χ1v) is 8.67. The van der Waals surface area contributed by atoms with Gasteiger partial charge >= 0.3 is 5.97 Å². The van der Waals surface area contributed by atoms with Gasteiger partial charge in [0.05, 0.1) is 0 Å². The van der Waals surface area contributed by atoms with E-state index < -0.39 is 11.9 Å². The molecule has 2 aromatic rings. The first kappa shape index (κ1) is 15.9. The fourth-order valence-corrected chi connectivity index (χ4v) is 3.86. The molecule has 4 heteroatoms. The van der Waals surface area contributed by atoms with E-state index in [1.165, 1.54) is 16.7 Å². The van der Waals surface area contributed by atoms with Gasteiger partial charge < -0.3 is 10.0 Å². The van der Waals surface area contributed by atoms with Crippen LogP contribution in [0.25, 0.3) is 0 Å². The molecule has 128 valence electrons. The van der Waals surface area contributed by atoms with E-state index in [0.29, 0.717) is 0 Å². The average Bonchev–Trinajstić information content (AvgIpc) is 3.29. The van der Waals surface area contributed by atoms with Crippen molar-refractivity contribution < 1.29 is 14.7 Å². The van der Waals surface area contributed by atoms with Crippen LogP contribution < -0.4 is 4.90 Å². The molecule has 0 saturated heterocycles. The standard InChI is InChI=1S/C21H21NO3/c1-12-7-8-14(9-13(12)2)16-10-17(16)20(23)22-11-18(21(24)25)15-5-3-4-6-19(15)22/h3-9,16-18H,10-11H2,1-2H3,(H,24,25)/t16-,17+,18?/m0/s1. The van der Waals surface area contributed by atoms with Crippen LogP contribution >= 0.6 is 0 Å². The van der Waals surface area contributed by atoms with E-state index in [1.54, 1.807) is 4.90 Å². The number of amides is 1. The van der Waals surface area contributed by atoms with Gasteiger partial charge in [-0.25, -0.2) is 0 Å². The largest absolute Gasteiger partial charge is 0.481 e. The Morgan fingerprint density at radius 3 is 2.56 bits per heavy atom. The third kappa shape index (κ3) is 2.62. The molecular formula is C21H21NO3. The molecule has 1 fully saturated rings. The zero-order chi connectivity index (χ0) is 17.7. The van der Waals surface area contributed by atoms with Crippen molar-refractivity contribution in [2.45, 2.75) is 32.1 Å². The van der Waals surface area contributed by atoms with Crippen LogP contribution in [0.15, 0.2) is 42.5 Å². The summed E-state index contributed by atoms with van der Waals surface area (Å²) in [6, 6.07) is 13.7. The number of carboxylic acids is 1. The highest BCUT2D eigenvalue weighted by molar-refractivity contribution is 6.01. The molecule has 1 aliphatic heterocycles. The maximum absolute atomic E-state index is 13.0. The fourth-order valence-electron chi connectivity index (χ4n) is 3.86. The molecule has 1 unspecified atom stereocenters. The maximum Gasteiger partial charge on any atom is 0.312 e. The van der Waals surface area contributed by atoms with Gasteiger partial charge in [-0.05, 0) is 54.5 Å². The SMILES string of the molecule is Cc1ccc([C@@H]2C[C@H]2C(=O)N2CC(C(=O)O)c3ccccc32)cc1C. The van der Waals surface area contributed by atoms with Gasteiger partial charge in [-0.2, -0.15) is 0 Å². The fraction of sp³-hybridized carbons (Fsp3) is 0.333. The molecular weight excluding hydrogens is 314 g/mol. The summed E-state index contributed by atoms with van der Waals surface area (Å²) in [6.45, 7) is 4.41. The van der Waals surface area contributed by atoms with Crippen LogP contribution in [0.5, 0.6) is 0 Å². The zero-order valence-corrected chi connectivity index (χ0v) is 14.4. The van der Waals surface area contributed by atoms with Crippen molar-refractivity contribution in [3.05, 3.63) is 64.7 Å². The van der Waals surface area contributed by atoms with Crippen molar-refractivity contribution in [2.24, 2.45) is 5.92 Å². The number of carbonyl (C=O) groups excluding carboxylic acids is 1. The van der Waals surface area contributed by atoms with Gasteiger partial charge in [-0.15, -0.1) is 0 Å². The zero-order valence-electron chi connectivity index (χ0n) is 14.4. The van der Waals surface area contributed by atoms with E-state index in [0.717, 1.165) is 17.7 Å². The molecule has 1 amide bonds. The van der Waals surface area contributed by atoms with Crippen LogP contribution in [-0.4, -0.2) is 23.5 Å². The van der Waals surface area contributed by atoms with Crippen LogP contribution in [0.1, 0.15) is 40.5 Å². The molecule has 0 bridgehead atoms. The summed E-state index contributed by atoms with van der Waals surface area (Å²) >= 11 is 0. The number of benzene rings is 2. The van der Waals surface area contributed by atoms with Crippen molar-refractivity contribution in [2.75, 3.05) is 11.4 Å². The average molecular weight is 335 g/mol. The van der Waals surface area contributed by atoms with Crippen LogP contribution in [0.4, 0.5) is 5.69 Å². The van der Waals surface area contributed by atoms with Gasteiger partial charge in [-0.3, -0.25) is 9.59 Å². The molecule has 0 spiro atoms. The number of carbonyl (C=O) groups is 2. The van der Waals surface area contributed by atoms with E-state index in [-0.39, 0.29) is 24.3 Å². The lowest BCUT2D eigenvalue weighted by molar-refractivity contribution is -0.138. The van der Waals surface area contributed by atoms with Crippen LogP contribution in [-0.2, 0) is 9.59 Å². The molecule has 1 aliphatic carbocycles. The van der Waals surface area contributed by atoms with E-state index in [1.807, 2.05) is 24.3 Å². The third-order valence-corrected chi connectivity index (χ3v) is 5.60. The van der Waals surface area contributed by atoms with Gasteiger partial charge in [-0.1, -0.05) is 36.4 Å². The molecule has 1 heterocycles. The smallest absolute Gasteiger partial charge is 0.312 e. The van der Waals surface area contributed by atoms with E-state index >= 15 is 0 Å². The van der Waals surface area contributed by atoms with Crippen molar-refractivity contribution in [1.82, 2.24) is 0 Å². The molecule has 2 aliphatic rings. The van der Waals surface area contributed by atoms with E-state index in [4.69, 9.17) is 0 Å². The topological polar surface area (TPSA) is 57.6 Å². The van der Waals surface area contributed by atoms with Gasteiger partial charge in [0.2, 0.25) is 5.91 Å². The summed E-state index contributed by atoms with van der Waals surface area (Å²) in [5, 5.41) is 9.46. The Labute approximate surface area is 147 Å². The lowest BCUT2D eigenvalue weighted by Gasteiger charge is -2.17. The summed E-state index contributed by atoms with van der Waals surface area (Å²) in [5.41, 5.74) is 5.21. The molecule has 3 atom stereocenters. The molecule has 25 heavy (non-hydrogen) atoms. The highest BCUT2D eigenvalue weighted by Crippen LogP contribution is 2.50. The Kier molecular flexibility index (Phi) is 3.64. The second-order valence-electron chi connectivity index (χ2n) is 7.19. The molecule has 1 saturated carbocycles. The molecule has 4 rings (SSSR count). The minimum atomic E-state index is -0.871. The normalized spacial score (nSPS) is 24.1. The van der Waals surface area contributed by atoms with E-state index in [2.05, 4.69) is 32.0 Å². The molecule has 1 N–H and O–H groups in total. The Morgan fingerprint density at radius 1 is 1.08 bits per heavy atom. The summed E-state index contributed by atoms with van der Waals surface area (Å²) in [5.74, 6) is -1.23. The van der Waals surface area contributed by atoms with Crippen molar-refractivity contribution >= 4 is 17.6 Å². The number of hydrogen-bond acceptors (Lipinski definition) is 2. The van der Waals surface area contributed by atoms with Crippen LogP contribution in [0.3, 0.4) is 0 Å². The number of carboxylic acid groups (broad SMARTS) is 1. The Hall–Kier alpha value is -2.62. The third-order valence-electron chi connectivity index (χ3n) is 5.60. The number of aryl methyl sites for hydroxylation is 2. The van der Waals surface area contributed by atoms with Crippen molar-refractivity contribution in [1.29, 1.82) is 0 Å². The predicted molar refractivity (Wildman–Crippen MR) is 95.9 cm³/mol. The lowest BCUT2D eigenvalue weighted by Crippen LogP contribution is -2.32. The monoisotopic (exact) mass is 335 g/mol. The van der Waals surface area contributed by atoms with E-state index in [9.17, 15) is 14.7 Å². The predicted octanol–water partition coefficient (Wildman–Crippen LogP) is 3.62. The Bertz CT molecular complexity index is 873. The molecule has 2 aromatic carbocycles. The van der Waals surface area contributed by atoms with Gasteiger partial charge in [0, 0.05) is 18.2 Å². The van der Waals surface area contributed by atoms with Gasteiger partial charge in [0.15, 0.2) is 0 Å². The highest BCUT2D eigenvalue weighted by Gasteiger charge is 2.48. The number of fused-ring (bicyclic) bond motifs is 1. The summed E-state index contributed by atoms with van der Waals surface area (Å²) < 4.78 is 0. The molecule has 0 aromatic heterocycles. The summed E-state index contributed by atoms with van der Waals surface area (Å²) in [4.78, 5) is 26.2. The Morgan fingerprint density at radius 2 is 1.84 bits per heavy atom. The summed E-state index contributed by atoms with van der Waals surface area (Å²) in [6.07, 6.45) is 0.845. The number of anilines is 1. The quantitative estimate of drug-likeness (QED) is 0.932. The first-order valence-electron chi connectivity index (χ1n) is 8.67. The number of aliphatic carboxylic acids is 1. The maximum atomic E-state index is 13.0. The minimum Gasteiger partial charge on any atom is -0.481 e. The summed E-state index contributed by atoms with van der Waals surface area (Å²) in [7, 11) is 0. The lowest BCUT2D eigenvalue weighted by atomic mass is 10.0. The van der Waals surface area contributed by atoms with Crippen LogP contribution in [0.2, 0.25) is 0 Å².